The van der Waals surface area contributed by atoms with Gasteiger partial charge >= 0.3 is 0 Å². The van der Waals surface area contributed by atoms with Gasteiger partial charge in [-0.15, -0.1) is 0 Å². The summed E-state index contributed by atoms with van der Waals surface area (Å²) in [5.74, 6) is 0.634. The highest BCUT2D eigenvalue weighted by molar-refractivity contribution is 6.10. The van der Waals surface area contributed by atoms with Gasteiger partial charge in [0, 0.05) is 11.1 Å². The summed E-state index contributed by atoms with van der Waals surface area (Å²) < 4.78 is 10.8. The van der Waals surface area contributed by atoms with E-state index in [-0.39, 0.29) is 24.2 Å². The van der Waals surface area contributed by atoms with Crippen molar-refractivity contribution in [3.05, 3.63) is 59.2 Å². The summed E-state index contributed by atoms with van der Waals surface area (Å²) in [5, 5.41) is 5.29. The van der Waals surface area contributed by atoms with E-state index in [1.165, 1.54) is 7.11 Å². The zero-order chi connectivity index (χ0) is 20.1. The van der Waals surface area contributed by atoms with Crippen molar-refractivity contribution in [1.82, 2.24) is 10.6 Å². The van der Waals surface area contributed by atoms with Crippen LogP contribution in [0.1, 0.15) is 40.9 Å². The Labute approximate surface area is 163 Å². The van der Waals surface area contributed by atoms with Crippen molar-refractivity contribution < 1.29 is 19.1 Å². The number of benzene rings is 2. The van der Waals surface area contributed by atoms with Crippen molar-refractivity contribution in [3.8, 4) is 11.5 Å². The highest BCUT2D eigenvalue weighted by atomic mass is 16.5. The van der Waals surface area contributed by atoms with Gasteiger partial charge in [0.25, 0.3) is 5.91 Å². The molecule has 7 heteroatoms. The summed E-state index contributed by atoms with van der Waals surface area (Å²) in [7, 11) is 3.09. The van der Waals surface area contributed by atoms with E-state index in [1.807, 2.05) is 31.2 Å². The first-order valence-corrected chi connectivity index (χ1v) is 9.04. The predicted molar refractivity (Wildman–Crippen MR) is 106 cm³/mol. The van der Waals surface area contributed by atoms with Gasteiger partial charge < -0.3 is 9.47 Å². The van der Waals surface area contributed by atoms with Gasteiger partial charge in [-0.2, -0.15) is 0 Å². The molecule has 2 aromatic rings. The molecular weight excluding hydrogens is 358 g/mol. The second-order valence-corrected chi connectivity index (χ2v) is 6.33. The number of methoxy groups -OCH3 is 2. The molecule has 2 aromatic carbocycles. The maximum Gasteiger partial charge on any atom is 0.257 e. The molecule has 1 aliphatic heterocycles. The molecule has 146 valence electrons. The van der Waals surface area contributed by atoms with E-state index in [9.17, 15) is 9.59 Å². The molecule has 2 N–H and O–H groups in total. The number of aryl methyl sites for hydroxylation is 1. The van der Waals surface area contributed by atoms with Crippen molar-refractivity contribution in [3.63, 3.8) is 0 Å². The van der Waals surface area contributed by atoms with Gasteiger partial charge in [0.15, 0.2) is 11.5 Å². The second kappa shape index (κ2) is 8.56. The molecule has 0 aliphatic carbocycles. The zero-order valence-corrected chi connectivity index (χ0v) is 16.1. The van der Waals surface area contributed by atoms with Crippen LogP contribution in [0.4, 0.5) is 0 Å². The van der Waals surface area contributed by atoms with E-state index in [1.54, 1.807) is 25.3 Å². The minimum Gasteiger partial charge on any atom is -0.493 e. The molecule has 1 aliphatic rings. The van der Waals surface area contributed by atoms with Crippen LogP contribution >= 0.6 is 0 Å². The van der Waals surface area contributed by atoms with E-state index >= 15 is 0 Å². The van der Waals surface area contributed by atoms with Crippen LogP contribution in [-0.2, 0) is 11.2 Å². The number of nitrogens with zero attached hydrogens (tertiary/aromatic N) is 1. The number of carbonyl (C=O) groups is 2. The van der Waals surface area contributed by atoms with Gasteiger partial charge in [0.05, 0.1) is 26.7 Å². The number of nitrogens with one attached hydrogen (secondary N) is 2. The van der Waals surface area contributed by atoms with Crippen LogP contribution < -0.4 is 20.1 Å². The standard InChI is InChI=1S/C21H23N3O4/c1-4-13-8-10-14(11-9-13)20(26)24-21-22-16(12-18(25)23-21)15-6-5-7-17(27-2)19(15)28-3/h5-11,16H,4,12H2,1-3H3,(H2,22,23,24,25,26)/t16-/m1/s1. The Balaban J connectivity index is 1.85. The summed E-state index contributed by atoms with van der Waals surface area (Å²) in [6, 6.07) is 12.2. The summed E-state index contributed by atoms with van der Waals surface area (Å²) in [5.41, 5.74) is 2.36. The zero-order valence-electron chi connectivity index (χ0n) is 16.1. The maximum absolute atomic E-state index is 12.5. The quantitative estimate of drug-likeness (QED) is 0.833. The van der Waals surface area contributed by atoms with Crippen molar-refractivity contribution in [2.75, 3.05) is 14.2 Å². The molecular formula is C21H23N3O4. The molecule has 0 bridgehead atoms. The van der Waals surface area contributed by atoms with E-state index in [2.05, 4.69) is 15.6 Å². The van der Waals surface area contributed by atoms with Crippen molar-refractivity contribution in [2.24, 2.45) is 4.99 Å². The number of hydrogen-bond acceptors (Lipinski definition) is 5. The fourth-order valence-corrected chi connectivity index (χ4v) is 3.08. The Morgan fingerprint density at radius 1 is 1.18 bits per heavy atom. The number of carbonyl (C=O) groups excluding carboxylic acids is 2. The molecule has 0 unspecified atom stereocenters. The molecule has 1 heterocycles. The topological polar surface area (TPSA) is 89.0 Å². The molecule has 7 nitrogen and oxygen atoms in total. The summed E-state index contributed by atoms with van der Waals surface area (Å²) >= 11 is 0. The van der Waals surface area contributed by atoms with Crippen LogP contribution in [0.3, 0.4) is 0 Å². The average molecular weight is 381 g/mol. The molecule has 0 aromatic heterocycles. The van der Waals surface area contributed by atoms with Gasteiger partial charge in [-0.3, -0.25) is 20.2 Å². The lowest BCUT2D eigenvalue weighted by molar-refractivity contribution is -0.120. The molecule has 0 radical (unpaired) electrons. The minimum absolute atomic E-state index is 0.121. The normalized spacial score (nSPS) is 16.0. The Kier molecular flexibility index (Phi) is 5.93. The number of rotatable bonds is 5. The first-order valence-electron chi connectivity index (χ1n) is 9.04. The van der Waals surface area contributed by atoms with E-state index in [0.29, 0.717) is 17.1 Å². The highest BCUT2D eigenvalue weighted by Gasteiger charge is 2.27. The van der Waals surface area contributed by atoms with Gasteiger partial charge in [-0.1, -0.05) is 31.2 Å². The Bertz CT molecular complexity index is 906. The third-order valence-electron chi connectivity index (χ3n) is 4.57. The molecule has 3 rings (SSSR count). The molecule has 0 spiro atoms. The lowest BCUT2D eigenvalue weighted by atomic mass is 10.0. The molecule has 0 saturated heterocycles. The van der Waals surface area contributed by atoms with Crippen molar-refractivity contribution in [2.45, 2.75) is 25.8 Å². The summed E-state index contributed by atoms with van der Waals surface area (Å²) in [4.78, 5) is 29.2. The molecule has 2 amide bonds. The molecule has 28 heavy (non-hydrogen) atoms. The molecule has 0 fully saturated rings. The van der Waals surface area contributed by atoms with Crippen LogP contribution in [0.25, 0.3) is 0 Å². The number of amides is 2. The Morgan fingerprint density at radius 2 is 1.93 bits per heavy atom. The first-order chi connectivity index (χ1) is 13.5. The van der Waals surface area contributed by atoms with Crippen LogP contribution in [-0.4, -0.2) is 32.0 Å². The van der Waals surface area contributed by atoms with E-state index < -0.39 is 6.04 Å². The first kappa shape index (κ1) is 19.4. The molecule has 1 atom stereocenters. The highest BCUT2D eigenvalue weighted by Crippen LogP contribution is 2.38. The number of para-hydroxylation sites is 1. The number of hydrogen-bond donors (Lipinski definition) is 2. The fourth-order valence-electron chi connectivity index (χ4n) is 3.08. The Hall–Kier alpha value is -3.35. The van der Waals surface area contributed by atoms with Crippen molar-refractivity contribution >= 4 is 17.8 Å². The monoisotopic (exact) mass is 381 g/mol. The minimum atomic E-state index is -0.489. The second-order valence-electron chi connectivity index (χ2n) is 6.33. The largest absolute Gasteiger partial charge is 0.493 e. The van der Waals surface area contributed by atoms with Crippen LogP contribution in [0.2, 0.25) is 0 Å². The van der Waals surface area contributed by atoms with E-state index in [0.717, 1.165) is 17.5 Å². The smallest absolute Gasteiger partial charge is 0.257 e. The van der Waals surface area contributed by atoms with Gasteiger partial charge in [-0.25, -0.2) is 4.99 Å². The Morgan fingerprint density at radius 3 is 2.57 bits per heavy atom. The number of guanidine groups is 1. The maximum atomic E-state index is 12.5. The lowest BCUT2D eigenvalue weighted by Gasteiger charge is -2.23. The van der Waals surface area contributed by atoms with Crippen LogP contribution in [0, 0.1) is 0 Å². The average Bonchev–Trinajstić information content (AvgIpc) is 2.72. The van der Waals surface area contributed by atoms with Gasteiger partial charge in [0.1, 0.15) is 0 Å². The SMILES string of the molecule is CCc1ccc(C(=O)NC2=N[C@@H](c3cccc(OC)c3OC)CC(=O)N2)cc1. The predicted octanol–water partition coefficient (Wildman–Crippen LogP) is 2.61. The van der Waals surface area contributed by atoms with Gasteiger partial charge in [-0.05, 0) is 30.2 Å². The van der Waals surface area contributed by atoms with E-state index in [4.69, 9.17) is 9.47 Å². The van der Waals surface area contributed by atoms with Crippen LogP contribution in [0.5, 0.6) is 11.5 Å². The van der Waals surface area contributed by atoms with Crippen molar-refractivity contribution in [1.29, 1.82) is 0 Å². The van der Waals surface area contributed by atoms with Crippen LogP contribution in [0.15, 0.2) is 47.5 Å². The number of ether oxygens (including phenoxy) is 2. The fraction of sp³-hybridized carbons (Fsp3) is 0.286. The van der Waals surface area contributed by atoms with Gasteiger partial charge in [0.2, 0.25) is 11.9 Å². The summed E-state index contributed by atoms with van der Waals surface area (Å²) in [6.07, 6.45) is 1.04. The third-order valence-corrected chi connectivity index (χ3v) is 4.57. The number of aliphatic imine (C=N–C) groups is 1. The summed E-state index contributed by atoms with van der Waals surface area (Å²) in [6.45, 7) is 2.05. The third kappa shape index (κ3) is 4.14. The lowest BCUT2D eigenvalue weighted by Crippen LogP contribution is -2.47. The molecule has 0 saturated carbocycles.